The molecule has 0 bridgehead atoms. The maximum atomic E-state index is 14.7. The molecular formula is C45H46F4O8S2. The van der Waals surface area contributed by atoms with Gasteiger partial charge < -0.3 is 19.3 Å². The summed E-state index contributed by atoms with van der Waals surface area (Å²) < 4.78 is 122. The van der Waals surface area contributed by atoms with E-state index in [-0.39, 0.29) is 40.0 Å². The summed E-state index contributed by atoms with van der Waals surface area (Å²) in [6.45, 7) is 0.549. The lowest BCUT2D eigenvalue weighted by Crippen LogP contribution is -2.28. The molecule has 0 saturated heterocycles. The first-order chi connectivity index (χ1) is 28.0. The Morgan fingerprint density at radius 1 is 0.508 bits per heavy atom. The minimum absolute atomic E-state index is 0.108. The van der Waals surface area contributed by atoms with Gasteiger partial charge in [0.25, 0.3) is 0 Å². The van der Waals surface area contributed by atoms with Gasteiger partial charge in [-0.2, -0.15) is 0 Å². The Bertz CT molecular complexity index is 2370. The molecule has 7 rings (SSSR count). The van der Waals surface area contributed by atoms with Crippen molar-refractivity contribution in [3.8, 4) is 33.8 Å². The van der Waals surface area contributed by atoms with Crippen molar-refractivity contribution in [3.05, 3.63) is 132 Å². The number of benzene rings is 5. The Labute approximate surface area is 342 Å². The number of aliphatic hydroxyl groups is 1. The number of halogens is 4. The van der Waals surface area contributed by atoms with E-state index in [1.807, 2.05) is 30.3 Å². The summed E-state index contributed by atoms with van der Waals surface area (Å²) in [4.78, 5) is 0.289. The van der Waals surface area contributed by atoms with Crippen LogP contribution in [0.2, 0.25) is 0 Å². The third-order valence-corrected chi connectivity index (χ3v) is 12.6. The largest absolute Gasteiger partial charge is 0.484 e. The SMILES string of the molecule is CS(=O)(=O)c1ccc(-c2cc(F)c(OC3CCC(O)CC3)c(F)c2)cc1.CS(=O)(=O)c1ccc(-c2cc(F)c(OC3CCC(OCc4ccccc4)CC3)c(F)c2)cc1. The summed E-state index contributed by atoms with van der Waals surface area (Å²) in [5.74, 6) is -3.96. The lowest BCUT2D eigenvalue weighted by molar-refractivity contribution is -0.00778. The summed E-state index contributed by atoms with van der Waals surface area (Å²) in [6, 6.07) is 26.4. The van der Waals surface area contributed by atoms with Crippen LogP contribution in [-0.4, -0.2) is 58.9 Å². The highest BCUT2D eigenvalue weighted by Crippen LogP contribution is 2.34. The maximum absolute atomic E-state index is 14.7. The van der Waals surface area contributed by atoms with E-state index in [2.05, 4.69) is 0 Å². The molecule has 0 amide bonds. The van der Waals surface area contributed by atoms with Crippen molar-refractivity contribution < 1.29 is 53.7 Å². The van der Waals surface area contributed by atoms with Crippen molar-refractivity contribution in [2.24, 2.45) is 0 Å². The van der Waals surface area contributed by atoms with Crippen molar-refractivity contribution >= 4 is 19.7 Å². The number of hydrogen-bond acceptors (Lipinski definition) is 8. The summed E-state index contributed by atoms with van der Waals surface area (Å²) >= 11 is 0. The van der Waals surface area contributed by atoms with E-state index in [0.717, 1.165) is 30.9 Å². The van der Waals surface area contributed by atoms with Crippen molar-refractivity contribution in [2.75, 3.05) is 12.5 Å². The third-order valence-electron chi connectivity index (χ3n) is 10.4. The average Bonchev–Trinajstić information content (AvgIpc) is 3.21. The molecule has 59 heavy (non-hydrogen) atoms. The van der Waals surface area contributed by atoms with Gasteiger partial charge >= 0.3 is 0 Å². The Morgan fingerprint density at radius 2 is 0.864 bits per heavy atom. The number of hydrogen-bond donors (Lipinski definition) is 1. The number of sulfone groups is 2. The predicted octanol–water partition coefficient (Wildman–Crippen LogP) is 9.66. The second-order valence-corrected chi connectivity index (χ2v) is 19.0. The zero-order chi connectivity index (χ0) is 42.3. The summed E-state index contributed by atoms with van der Waals surface area (Å²) in [7, 11) is -6.67. The summed E-state index contributed by atoms with van der Waals surface area (Å²) in [5, 5.41) is 9.49. The van der Waals surface area contributed by atoms with E-state index in [1.54, 1.807) is 0 Å². The second-order valence-electron chi connectivity index (χ2n) is 15.0. The van der Waals surface area contributed by atoms with Crippen LogP contribution in [0.4, 0.5) is 17.6 Å². The zero-order valence-electron chi connectivity index (χ0n) is 32.6. The molecule has 8 nitrogen and oxygen atoms in total. The molecule has 314 valence electrons. The molecule has 0 unspecified atom stereocenters. The molecule has 0 aromatic heterocycles. The highest BCUT2D eigenvalue weighted by molar-refractivity contribution is 7.91. The molecule has 2 fully saturated rings. The molecule has 0 spiro atoms. The van der Waals surface area contributed by atoms with E-state index in [1.165, 1.54) is 72.8 Å². The molecule has 0 atom stereocenters. The van der Waals surface area contributed by atoms with Crippen molar-refractivity contribution in [1.82, 2.24) is 0 Å². The minimum Gasteiger partial charge on any atom is -0.484 e. The standard InChI is InChI=1S/C26H26F2O4S.C19H20F2O4S/c1-33(29,30)23-13-7-19(8-14-23)20-15-24(27)26(25(28)16-20)32-22-11-9-21(10-12-22)31-17-18-5-3-2-4-6-18;1-26(23,24)16-8-2-12(3-9-16)13-10-17(20)19(18(21)11-13)25-15-6-4-14(22)5-7-15/h2-8,13-16,21-22H,9-12,17H2,1H3;2-3,8-11,14-15,22H,4-7H2,1H3. The van der Waals surface area contributed by atoms with Crippen molar-refractivity contribution in [3.63, 3.8) is 0 Å². The van der Waals surface area contributed by atoms with Crippen LogP contribution in [-0.2, 0) is 31.0 Å². The number of rotatable bonds is 11. The smallest absolute Gasteiger partial charge is 0.191 e. The van der Waals surface area contributed by atoms with Gasteiger partial charge in [0, 0.05) is 12.5 Å². The van der Waals surface area contributed by atoms with Gasteiger partial charge in [0.15, 0.2) is 54.4 Å². The first kappa shape index (κ1) is 43.8. The van der Waals surface area contributed by atoms with Crippen LogP contribution in [0.3, 0.4) is 0 Å². The minimum atomic E-state index is -3.34. The molecule has 5 aromatic rings. The van der Waals surface area contributed by atoms with E-state index >= 15 is 0 Å². The molecule has 2 aliphatic carbocycles. The lowest BCUT2D eigenvalue weighted by atomic mass is 9.94. The van der Waals surface area contributed by atoms with Gasteiger partial charge in [0.1, 0.15) is 0 Å². The van der Waals surface area contributed by atoms with Gasteiger partial charge in [-0.15, -0.1) is 0 Å². The fourth-order valence-electron chi connectivity index (χ4n) is 7.07. The van der Waals surface area contributed by atoms with Gasteiger partial charge in [-0.3, -0.25) is 0 Å². The number of ether oxygens (including phenoxy) is 3. The second kappa shape index (κ2) is 19.1. The average molecular weight is 855 g/mol. The number of aliphatic hydroxyl groups excluding tert-OH is 1. The first-order valence-corrected chi connectivity index (χ1v) is 23.1. The molecule has 2 saturated carbocycles. The van der Waals surface area contributed by atoms with Crippen LogP contribution in [0, 0.1) is 23.3 Å². The van der Waals surface area contributed by atoms with Gasteiger partial charge in [-0.05, 0) is 128 Å². The molecule has 5 aromatic carbocycles. The summed E-state index contributed by atoms with van der Waals surface area (Å²) in [5.41, 5.74) is 2.75. The van der Waals surface area contributed by atoms with Crippen LogP contribution < -0.4 is 9.47 Å². The third kappa shape index (κ3) is 11.9. The Hall–Kier alpha value is -4.76. The van der Waals surface area contributed by atoms with E-state index in [4.69, 9.17) is 14.2 Å². The predicted molar refractivity (Wildman–Crippen MR) is 217 cm³/mol. The van der Waals surface area contributed by atoms with Gasteiger partial charge in [0.2, 0.25) is 0 Å². The molecule has 0 heterocycles. The van der Waals surface area contributed by atoms with E-state index in [0.29, 0.717) is 67.4 Å². The van der Waals surface area contributed by atoms with E-state index < -0.39 is 48.7 Å². The Kier molecular flexibility index (Phi) is 14.2. The summed E-state index contributed by atoms with van der Waals surface area (Å²) in [6.07, 6.45) is 6.41. The van der Waals surface area contributed by atoms with Gasteiger partial charge in [-0.1, -0.05) is 54.6 Å². The topological polar surface area (TPSA) is 116 Å². The monoisotopic (exact) mass is 854 g/mol. The lowest BCUT2D eigenvalue weighted by Gasteiger charge is -2.29. The van der Waals surface area contributed by atoms with Crippen LogP contribution in [0.5, 0.6) is 11.5 Å². The molecule has 2 aliphatic rings. The highest BCUT2D eigenvalue weighted by atomic mass is 32.2. The normalized spacial score (nSPS) is 19.6. The van der Waals surface area contributed by atoms with Gasteiger partial charge in [-0.25, -0.2) is 34.4 Å². The molecule has 0 radical (unpaired) electrons. The van der Waals surface area contributed by atoms with Crippen LogP contribution in [0.1, 0.15) is 56.9 Å². The first-order valence-electron chi connectivity index (χ1n) is 19.3. The quantitative estimate of drug-likeness (QED) is 0.131. The molecule has 1 N–H and O–H groups in total. The van der Waals surface area contributed by atoms with Gasteiger partial charge in [0.05, 0.1) is 40.8 Å². The van der Waals surface area contributed by atoms with Crippen LogP contribution in [0.15, 0.2) is 113 Å². The maximum Gasteiger partial charge on any atom is 0.191 e. The fourth-order valence-corrected chi connectivity index (χ4v) is 8.33. The van der Waals surface area contributed by atoms with Crippen molar-refractivity contribution in [2.45, 2.75) is 92.2 Å². The zero-order valence-corrected chi connectivity index (χ0v) is 34.3. The van der Waals surface area contributed by atoms with E-state index in [9.17, 15) is 39.5 Å². The highest BCUT2D eigenvalue weighted by Gasteiger charge is 2.26. The molecule has 14 heteroatoms. The Balaban J connectivity index is 0.000000204. The van der Waals surface area contributed by atoms with Crippen molar-refractivity contribution in [1.29, 1.82) is 0 Å². The van der Waals surface area contributed by atoms with Crippen LogP contribution >= 0.6 is 0 Å². The van der Waals surface area contributed by atoms with Crippen LogP contribution in [0.25, 0.3) is 22.3 Å². The fraction of sp³-hybridized carbons (Fsp3) is 0.333. The Morgan fingerprint density at radius 3 is 1.24 bits per heavy atom. The molecule has 0 aliphatic heterocycles. The molecular weight excluding hydrogens is 809 g/mol.